The number of hydrogen-bond acceptors (Lipinski definition) is 6. The first-order valence-electron chi connectivity index (χ1n) is 7.92. The summed E-state index contributed by atoms with van der Waals surface area (Å²) in [5.74, 6) is -1.86. The smallest absolute Gasteiger partial charge is 0.469 e. The second-order valence-corrected chi connectivity index (χ2v) is 5.68. The van der Waals surface area contributed by atoms with Gasteiger partial charge in [-0.1, -0.05) is 0 Å². The fourth-order valence-electron chi connectivity index (χ4n) is 2.54. The van der Waals surface area contributed by atoms with Crippen molar-refractivity contribution in [1.29, 1.82) is 0 Å². The first-order chi connectivity index (χ1) is 12.7. The summed E-state index contributed by atoms with van der Waals surface area (Å²) in [4.78, 5) is 37.1. The van der Waals surface area contributed by atoms with Crippen LogP contribution in [0.3, 0.4) is 0 Å². The van der Waals surface area contributed by atoms with Crippen molar-refractivity contribution in [3.63, 3.8) is 0 Å². The van der Waals surface area contributed by atoms with Gasteiger partial charge in [0.25, 0.3) is 0 Å². The number of carbonyl (C=O) groups excluding carboxylic acids is 3. The van der Waals surface area contributed by atoms with Crippen LogP contribution < -0.4 is 15.4 Å². The van der Waals surface area contributed by atoms with Crippen LogP contribution in [0.25, 0.3) is 0 Å². The lowest BCUT2D eigenvalue weighted by Crippen LogP contribution is -2.57. The molecule has 8 nitrogen and oxygen atoms in total. The van der Waals surface area contributed by atoms with Crippen LogP contribution in [-0.2, 0) is 19.1 Å². The Morgan fingerprint density at radius 1 is 1.30 bits per heavy atom. The molecule has 2 N–H and O–H groups in total. The van der Waals surface area contributed by atoms with Gasteiger partial charge < -0.3 is 20.1 Å². The van der Waals surface area contributed by atoms with Gasteiger partial charge in [0.2, 0.25) is 11.8 Å². The first kappa shape index (κ1) is 20.5. The summed E-state index contributed by atoms with van der Waals surface area (Å²) in [6, 6.07) is 3.82. The Hall–Kier alpha value is -2.82. The predicted octanol–water partition coefficient (Wildman–Crippen LogP) is 0.887. The van der Waals surface area contributed by atoms with Gasteiger partial charge in [-0.05, 0) is 24.3 Å². The Balaban J connectivity index is 1.95. The maximum absolute atomic E-state index is 12.2. The molecule has 0 radical (unpaired) electrons. The molecule has 0 aliphatic carbocycles. The number of carbonyl (C=O) groups is 3. The molecule has 27 heavy (non-hydrogen) atoms. The Kier molecular flexibility index (Phi) is 6.61. The Morgan fingerprint density at radius 3 is 2.56 bits per heavy atom. The minimum atomic E-state index is -4.80. The molecule has 0 unspecified atom stereocenters. The Labute approximate surface area is 152 Å². The van der Waals surface area contributed by atoms with Crippen molar-refractivity contribution in [3.8, 4) is 5.75 Å². The molecule has 2 rings (SSSR count). The maximum atomic E-state index is 12.2. The van der Waals surface area contributed by atoms with Gasteiger partial charge in [-0.2, -0.15) is 0 Å². The summed E-state index contributed by atoms with van der Waals surface area (Å²) in [5.41, 5.74) is 0.264. The van der Waals surface area contributed by atoms with Crippen LogP contribution in [0.4, 0.5) is 18.9 Å². The topological polar surface area (TPSA) is 97.0 Å². The summed E-state index contributed by atoms with van der Waals surface area (Å²) < 4.78 is 44.7. The van der Waals surface area contributed by atoms with E-state index in [0.29, 0.717) is 13.1 Å². The quantitative estimate of drug-likeness (QED) is 0.702. The number of alkyl halides is 3. The molecule has 11 heteroatoms. The number of esters is 1. The van der Waals surface area contributed by atoms with E-state index in [9.17, 15) is 27.6 Å². The average molecular weight is 389 g/mol. The van der Waals surface area contributed by atoms with Crippen LogP contribution in [0.15, 0.2) is 24.3 Å². The number of halogens is 3. The molecule has 1 aromatic carbocycles. The number of amides is 2. The summed E-state index contributed by atoms with van der Waals surface area (Å²) in [7, 11) is 1.20. The van der Waals surface area contributed by atoms with Gasteiger partial charge in [0, 0.05) is 18.8 Å². The highest BCUT2D eigenvalue weighted by atomic mass is 19.4. The molecule has 1 heterocycles. The van der Waals surface area contributed by atoms with E-state index in [0.717, 1.165) is 12.1 Å². The Bertz CT molecular complexity index is 694. The predicted molar refractivity (Wildman–Crippen MR) is 86.8 cm³/mol. The number of rotatable bonds is 6. The molecule has 1 atom stereocenters. The molecule has 0 bridgehead atoms. The zero-order valence-corrected chi connectivity index (χ0v) is 14.3. The zero-order chi connectivity index (χ0) is 20.0. The van der Waals surface area contributed by atoms with E-state index in [4.69, 9.17) is 0 Å². The highest BCUT2D eigenvalue weighted by Crippen LogP contribution is 2.24. The fourth-order valence-corrected chi connectivity index (χ4v) is 2.54. The lowest BCUT2D eigenvalue weighted by molar-refractivity contribution is -0.274. The SMILES string of the molecule is COC(=O)C[C@@H]1C(=O)NCCN1CC(=O)Nc1ccc(OC(F)(F)F)cc1. The van der Waals surface area contributed by atoms with Gasteiger partial charge in [0.15, 0.2) is 0 Å². The van der Waals surface area contributed by atoms with E-state index < -0.39 is 30.0 Å². The van der Waals surface area contributed by atoms with Crippen LogP contribution in [0.2, 0.25) is 0 Å². The number of piperazine rings is 1. The van der Waals surface area contributed by atoms with Crippen molar-refractivity contribution in [1.82, 2.24) is 10.2 Å². The molecule has 0 spiro atoms. The molecular formula is C16H18F3N3O5. The van der Waals surface area contributed by atoms with Crippen LogP contribution in [0, 0.1) is 0 Å². The summed E-state index contributed by atoms with van der Waals surface area (Å²) in [6.07, 6.45) is -4.99. The fraction of sp³-hybridized carbons (Fsp3) is 0.438. The largest absolute Gasteiger partial charge is 0.573 e. The minimum absolute atomic E-state index is 0.171. The highest BCUT2D eigenvalue weighted by molar-refractivity contribution is 5.93. The minimum Gasteiger partial charge on any atom is -0.469 e. The molecule has 1 aliphatic heterocycles. The number of benzene rings is 1. The molecule has 148 valence electrons. The van der Waals surface area contributed by atoms with Crippen molar-refractivity contribution in [2.24, 2.45) is 0 Å². The lowest BCUT2D eigenvalue weighted by atomic mass is 10.1. The second kappa shape index (κ2) is 8.71. The molecule has 0 aromatic heterocycles. The molecule has 1 aromatic rings. The summed E-state index contributed by atoms with van der Waals surface area (Å²) in [6.45, 7) is 0.516. The van der Waals surface area contributed by atoms with E-state index >= 15 is 0 Å². The van der Waals surface area contributed by atoms with E-state index in [1.807, 2.05) is 0 Å². The highest BCUT2D eigenvalue weighted by Gasteiger charge is 2.33. The van der Waals surface area contributed by atoms with Gasteiger partial charge in [-0.15, -0.1) is 13.2 Å². The van der Waals surface area contributed by atoms with Gasteiger partial charge in [-0.25, -0.2) is 0 Å². The summed E-state index contributed by atoms with van der Waals surface area (Å²) in [5, 5.41) is 5.13. The van der Waals surface area contributed by atoms with Gasteiger partial charge in [0.05, 0.1) is 20.1 Å². The molecule has 1 fully saturated rings. The zero-order valence-electron chi connectivity index (χ0n) is 14.3. The average Bonchev–Trinajstić information content (AvgIpc) is 2.58. The number of ether oxygens (including phenoxy) is 2. The number of nitrogens with one attached hydrogen (secondary N) is 2. The Morgan fingerprint density at radius 2 is 1.96 bits per heavy atom. The third-order valence-corrected chi connectivity index (χ3v) is 3.75. The maximum Gasteiger partial charge on any atom is 0.573 e. The number of anilines is 1. The van der Waals surface area contributed by atoms with Crippen molar-refractivity contribution < 1.29 is 37.0 Å². The number of methoxy groups -OCH3 is 1. The standard InChI is InChI=1S/C16H18F3N3O5/c1-26-14(24)8-12-15(25)20-6-7-22(12)9-13(23)21-10-2-4-11(5-3-10)27-16(17,18)19/h2-5,12H,6-9H2,1H3,(H,20,25)(H,21,23)/t12-/m1/s1. The van der Waals surface area contributed by atoms with Crippen molar-refractivity contribution in [3.05, 3.63) is 24.3 Å². The van der Waals surface area contributed by atoms with E-state index in [1.165, 1.54) is 24.1 Å². The van der Waals surface area contributed by atoms with Gasteiger partial charge in [-0.3, -0.25) is 19.3 Å². The van der Waals surface area contributed by atoms with E-state index in [-0.39, 0.29) is 24.6 Å². The third kappa shape index (κ3) is 6.44. The molecule has 1 aliphatic rings. The molecule has 0 saturated carbocycles. The second-order valence-electron chi connectivity index (χ2n) is 5.68. The first-order valence-corrected chi connectivity index (χ1v) is 7.92. The van der Waals surface area contributed by atoms with Gasteiger partial charge >= 0.3 is 12.3 Å². The van der Waals surface area contributed by atoms with Crippen LogP contribution >= 0.6 is 0 Å². The monoisotopic (exact) mass is 389 g/mol. The van der Waals surface area contributed by atoms with Crippen LogP contribution in [-0.4, -0.2) is 61.8 Å². The normalized spacial score (nSPS) is 17.8. The molecular weight excluding hydrogens is 371 g/mol. The van der Waals surface area contributed by atoms with Crippen LogP contribution in [0.5, 0.6) is 5.75 Å². The number of nitrogens with zero attached hydrogens (tertiary/aromatic N) is 1. The summed E-state index contributed by atoms with van der Waals surface area (Å²) >= 11 is 0. The van der Waals surface area contributed by atoms with Crippen LogP contribution in [0.1, 0.15) is 6.42 Å². The molecule has 2 amide bonds. The molecule has 1 saturated heterocycles. The van der Waals surface area contributed by atoms with Crippen molar-refractivity contribution >= 4 is 23.5 Å². The van der Waals surface area contributed by atoms with Crippen molar-refractivity contribution in [2.45, 2.75) is 18.8 Å². The number of hydrogen-bond donors (Lipinski definition) is 2. The van der Waals surface area contributed by atoms with Crippen molar-refractivity contribution in [2.75, 3.05) is 32.1 Å². The van der Waals surface area contributed by atoms with E-state index in [1.54, 1.807) is 0 Å². The van der Waals surface area contributed by atoms with Gasteiger partial charge in [0.1, 0.15) is 11.8 Å². The lowest BCUT2D eigenvalue weighted by Gasteiger charge is -2.33. The third-order valence-electron chi connectivity index (χ3n) is 3.75. The van der Waals surface area contributed by atoms with E-state index in [2.05, 4.69) is 20.1 Å².